The number of methoxy groups -OCH3 is 1. The molecular weight excluding hydrogens is 250 g/mol. The molecule has 1 aromatic rings. The highest BCUT2D eigenvalue weighted by molar-refractivity contribution is 5.98. The fourth-order valence-electron chi connectivity index (χ4n) is 3.22. The average Bonchev–Trinajstić information content (AvgIpc) is 2.47. The Hall–Kier alpha value is -1.35. The van der Waals surface area contributed by atoms with Gasteiger partial charge in [-0.2, -0.15) is 0 Å². The molecule has 0 unspecified atom stereocenters. The molecule has 0 aliphatic heterocycles. The minimum atomic E-state index is 0.00169. The lowest BCUT2D eigenvalue weighted by molar-refractivity contribution is 0.0914. The summed E-state index contributed by atoms with van der Waals surface area (Å²) in [5.74, 6) is 1.04. The van der Waals surface area contributed by atoms with Gasteiger partial charge < -0.3 is 10.1 Å². The maximum Gasteiger partial charge on any atom is 0.164 e. The topological polar surface area (TPSA) is 38.3 Å². The van der Waals surface area contributed by atoms with Crippen LogP contribution in [-0.4, -0.2) is 25.5 Å². The third kappa shape index (κ3) is 3.21. The van der Waals surface area contributed by atoms with Gasteiger partial charge in [0.2, 0.25) is 0 Å². The predicted octanol–water partition coefficient (Wildman–Crippen LogP) is 3.50. The Bertz CT molecular complexity index is 476. The fraction of sp³-hybridized carbons (Fsp3) is 0.588. The smallest absolute Gasteiger partial charge is 0.164 e. The van der Waals surface area contributed by atoms with Crippen molar-refractivity contribution in [3.63, 3.8) is 0 Å². The molecule has 1 aliphatic rings. The Labute approximate surface area is 121 Å². The van der Waals surface area contributed by atoms with E-state index in [0.717, 1.165) is 29.7 Å². The molecule has 0 aromatic heterocycles. The van der Waals surface area contributed by atoms with Crippen molar-refractivity contribution in [2.75, 3.05) is 14.2 Å². The molecule has 1 N–H and O–H groups in total. The summed E-state index contributed by atoms with van der Waals surface area (Å²) in [5.41, 5.74) is 1.82. The third-order valence-corrected chi connectivity index (χ3v) is 4.57. The largest absolute Gasteiger partial charge is 0.497 e. The zero-order chi connectivity index (χ0) is 14.6. The molecule has 110 valence electrons. The van der Waals surface area contributed by atoms with Crippen molar-refractivity contribution in [3.05, 3.63) is 29.3 Å². The molecule has 1 aromatic carbocycles. The number of aryl methyl sites for hydroxylation is 1. The number of Topliss-reactive ketones (excluding diaryl/α,β-unsaturated/α-hetero) is 1. The van der Waals surface area contributed by atoms with Crippen LogP contribution in [0.4, 0.5) is 0 Å². The van der Waals surface area contributed by atoms with E-state index in [1.807, 2.05) is 32.2 Å². The van der Waals surface area contributed by atoms with E-state index in [-0.39, 0.29) is 11.3 Å². The molecule has 1 fully saturated rings. The second-order valence-corrected chi connectivity index (χ2v) is 5.87. The molecule has 0 bridgehead atoms. The van der Waals surface area contributed by atoms with E-state index in [9.17, 15) is 4.79 Å². The molecule has 20 heavy (non-hydrogen) atoms. The molecule has 0 heterocycles. The SMILES string of the molecule is CNC1(CC(=O)c2ccc(OC)cc2C)CCCCC1. The second-order valence-electron chi connectivity index (χ2n) is 5.87. The van der Waals surface area contributed by atoms with Crippen LogP contribution in [0.3, 0.4) is 0 Å². The molecule has 0 amide bonds. The van der Waals surface area contributed by atoms with Crippen molar-refractivity contribution >= 4 is 5.78 Å². The zero-order valence-electron chi connectivity index (χ0n) is 12.8. The van der Waals surface area contributed by atoms with Crippen molar-refractivity contribution in [1.82, 2.24) is 5.32 Å². The van der Waals surface area contributed by atoms with Gasteiger partial charge in [0.05, 0.1) is 7.11 Å². The lowest BCUT2D eigenvalue weighted by Gasteiger charge is -2.36. The summed E-state index contributed by atoms with van der Waals surface area (Å²) in [7, 11) is 3.63. The summed E-state index contributed by atoms with van der Waals surface area (Å²) in [6, 6.07) is 5.69. The molecule has 0 radical (unpaired) electrons. The van der Waals surface area contributed by atoms with Crippen molar-refractivity contribution in [3.8, 4) is 5.75 Å². The van der Waals surface area contributed by atoms with Gasteiger partial charge in [-0.3, -0.25) is 4.79 Å². The first-order valence-corrected chi connectivity index (χ1v) is 7.47. The van der Waals surface area contributed by atoms with E-state index in [1.54, 1.807) is 7.11 Å². The Morgan fingerprint density at radius 1 is 1.30 bits per heavy atom. The van der Waals surface area contributed by atoms with Crippen LogP contribution in [0.15, 0.2) is 18.2 Å². The second kappa shape index (κ2) is 6.40. The number of nitrogens with one attached hydrogen (secondary N) is 1. The molecule has 0 saturated heterocycles. The normalized spacial score (nSPS) is 17.8. The number of hydrogen-bond donors (Lipinski definition) is 1. The number of rotatable bonds is 5. The van der Waals surface area contributed by atoms with Crippen LogP contribution in [0.5, 0.6) is 5.75 Å². The van der Waals surface area contributed by atoms with Crippen LogP contribution in [0.2, 0.25) is 0 Å². The van der Waals surface area contributed by atoms with E-state index in [0.29, 0.717) is 6.42 Å². The van der Waals surface area contributed by atoms with Crippen molar-refractivity contribution in [2.45, 2.75) is 51.0 Å². The minimum absolute atomic E-state index is 0.00169. The van der Waals surface area contributed by atoms with E-state index in [4.69, 9.17) is 4.74 Å². The summed E-state index contributed by atoms with van der Waals surface area (Å²) in [6.45, 7) is 1.97. The van der Waals surface area contributed by atoms with Crippen LogP contribution in [0.1, 0.15) is 54.4 Å². The summed E-state index contributed by atoms with van der Waals surface area (Å²) in [4.78, 5) is 12.6. The Morgan fingerprint density at radius 3 is 2.55 bits per heavy atom. The summed E-state index contributed by atoms with van der Waals surface area (Å²) < 4.78 is 5.20. The quantitative estimate of drug-likeness (QED) is 0.836. The van der Waals surface area contributed by atoms with Gasteiger partial charge in [0.1, 0.15) is 5.75 Å². The first kappa shape index (κ1) is 15.0. The summed E-state index contributed by atoms with van der Waals surface area (Å²) in [6.07, 6.45) is 6.52. The summed E-state index contributed by atoms with van der Waals surface area (Å²) in [5, 5.41) is 3.41. The molecule has 2 rings (SSSR count). The standard InChI is InChI=1S/C17H25NO2/c1-13-11-14(20-3)7-8-15(13)16(19)12-17(18-2)9-5-4-6-10-17/h7-8,11,18H,4-6,9-10,12H2,1-3H3. The van der Waals surface area contributed by atoms with Crippen LogP contribution in [0.25, 0.3) is 0 Å². The van der Waals surface area contributed by atoms with Crippen LogP contribution in [0, 0.1) is 6.92 Å². The molecular formula is C17H25NO2. The first-order chi connectivity index (χ1) is 9.60. The lowest BCUT2D eigenvalue weighted by Crippen LogP contribution is -2.46. The van der Waals surface area contributed by atoms with Gasteiger partial charge in [-0.1, -0.05) is 19.3 Å². The number of ether oxygens (including phenoxy) is 1. The Morgan fingerprint density at radius 2 is 2.00 bits per heavy atom. The lowest BCUT2D eigenvalue weighted by atomic mass is 9.77. The van der Waals surface area contributed by atoms with Gasteiger partial charge >= 0.3 is 0 Å². The third-order valence-electron chi connectivity index (χ3n) is 4.57. The molecule has 3 heteroatoms. The molecule has 1 aliphatic carbocycles. The molecule has 1 saturated carbocycles. The minimum Gasteiger partial charge on any atom is -0.497 e. The van der Waals surface area contributed by atoms with Gasteiger partial charge in [-0.05, 0) is 50.6 Å². The van der Waals surface area contributed by atoms with Crippen molar-refractivity contribution < 1.29 is 9.53 Å². The van der Waals surface area contributed by atoms with Crippen molar-refractivity contribution in [1.29, 1.82) is 0 Å². The van der Waals surface area contributed by atoms with E-state index in [2.05, 4.69) is 5.32 Å². The maximum atomic E-state index is 12.6. The summed E-state index contributed by atoms with van der Waals surface area (Å²) >= 11 is 0. The van der Waals surface area contributed by atoms with E-state index in [1.165, 1.54) is 19.3 Å². The van der Waals surface area contributed by atoms with E-state index < -0.39 is 0 Å². The Balaban J connectivity index is 2.14. The van der Waals surface area contributed by atoms with Gasteiger partial charge in [-0.25, -0.2) is 0 Å². The highest BCUT2D eigenvalue weighted by atomic mass is 16.5. The van der Waals surface area contributed by atoms with E-state index >= 15 is 0 Å². The Kier molecular flexibility index (Phi) is 4.81. The predicted molar refractivity (Wildman–Crippen MR) is 81.6 cm³/mol. The number of carbonyl (C=O) groups is 1. The maximum absolute atomic E-state index is 12.6. The fourth-order valence-corrected chi connectivity index (χ4v) is 3.22. The van der Waals surface area contributed by atoms with Gasteiger partial charge in [0.25, 0.3) is 0 Å². The molecule has 3 nitrogen and oxygen atoms in total. The van der Waals surface area contributed by atoms with Crippen LogP contribution >= 0.6 is 0 Å². The van der Waals surface area contributed by atoms with Crippen LogP contribution in [-0.2, 0) is 0 Å². The number of ketones is 1. The number of carbonyl (C=O) groups excluding carboxylic acids is 1. The number of hydrogen-bond acceptors (Lipinski definition) is 3. The van der Waals surface area contributed by atoms with Crippen LogP contribution < -0.4 is 10.1 Å². The van der Waals surface area contributed by atoms with Crippen molar-refractivity contribution in [2.24, 2.45) is 0 Å². The first-order valence-electron chi connectivity index (χ1n) is 7.47. The van der Waals surface area contributed by atoms with Gasteiger partial charge in [0.15, 0.2) is 5.78 Å². The highest BCUT2D eigenvalue weighted by Crippen LogP contribution is 2.32. The zero-order valence-corrected chi connectivity index (χ0v) is 12.8. The molecule has 0 atom stereocenters. The highest BCUT2D eigenvalue weighted by Gasteiger charge is 2.33. The molecule has 0 spiro atoms. The monoisotopic (exact) mass is 275 g/mol. The number of benzene rings is 1. The van der Waals surface area contributed by atoms with Gasteiger partial charge in [0, 0.05) is 17.5 Å². The van der Waals surface area contributed by atoms with Gasteiger partial charge in [-0.15, -0.1) is 0 Å². The average molecular weight is 275 g/mol.